The summed E-state index contributed by atoms with van der Waals surface area (Å²) >= 11 is 0. The van der Waals surface area contributed by atoms with E-state index in [4.69, 9.17) is 15.2 Å². The summed E-state index contributed by atoms with van der Waals surface area (Å²) in [6, 6.07) is 6.01. The molecule has 1 aromatic carbocycles. The van der Waals surface area contributed by atoms with Gasteiger partial charge in [0, 0.05) is 11.3 Å². The molecule has 0 aliphatic carbocycles. The van der Waals surface area contributed by atoms with Gasteiger partial charge in [-0.3, -0.25) is 0 Å². The lowest BCUT2D eigenvalue weighted by molar-refractivity contribution is -0.149. The van der Waals surface area contributed by atoms with Gasteiger partial charge < -0.3 is 15.2 Å². The summed E-state index contributed by atoms with van der Waals surface area (Å²) in [4.78, 5) is 0. The van der Waals surface area contributed by atoms with Crippen LogP contribution in [0.5, 0.6) is 0 Å². The van der Waals surface area contributed by atoms with Gasteiger partial charge in [0.2, 0.25) is 0 Å². The van der Waals surface area contributed by atoms with Crippen LogP contribution in [-0.4, -0.2) is 13.2 Å². The molecule has 2 N–H and O–H groups in total. The quantitative estimate of drug-likeness (QED) is 0.755. The highest BCUT2D eigenvalue weighted by atomic mass is 16.7. The van der Waals surface area contributed by atoms with E-state index < -0.39 is 5.79 Å². The lowest BCUT2D eigenvalue weighted by Gasteiger charge is -2.25. The van der Waals surface area contributed by atoms with Crippen LogP contribution < -0.4 is 5.73 Å². The van der Waals surface area contributed by atoms with E-state index in [1.807, 2.05) is 25.1 Å². The number of anilines is 1. The van der Waals surface area contributed by atoms with Crippen molar-refractivity contribution in [3.8, 4) is 0 Å². The number of nitrogens with two attached hydrogens (primary N) is 1. The van der Waals surface area contributed by atoms with E-state index in [-0.39, 0.29) is 0 Å². The van der Waals surface area contributed by atoms with Gasteiger partial charge in [-0.1, -0.05) is 25.1 Å². The average molecular weight is 207 g/mol. The highest BCUT2D eigenvalue weighted by Gasteiger charge is 2.35. The second-order valence-electron chi connectivity index (χ2n) is 3.87. The Balaban J connectivity index is 2.43. The van der Waals surface area contributed by atoms with Crippen molar-refractivity contribution in [1.29, 1.82) is 0 Å². The number of para-hydroxylation sites is 1. The molecular weight excluding hydrogens is 190 g/mol. The number of benzene rings is 1. The highest BCUT2D eigenvalue weighted by Crippen LogP contribution is 2.35. The van der Waals surface area contributed by atoms with E-state index in [1.165, 1.54) is 0 Å². The van der Waals surface area contributed by atoms with Crippen molar-refractivity contribution in [3.63, 3.8) is 0 Å². The zero-order valence-electron chi connectivity index (χ0n) is 9.25. The van der Waals surface area contributed by atoms with Crippen LogP contribution in [-0.2, 0) is 21.7 Å². The Morgan fingerprint density at radius 3 is 2.60 bits per heavy atom. The molecule has 1 aromatic rings. The van der Waals surface area contributed by atoms with Crippen LogP contribution in [0.4, 0.5) is 5.69 Å². The molecule has 0 aromatic heterocycles. The zero-order chi connectivity index (χ0) is 10.9. The summed E-state index contributed by atoms with van der Waals surface area (Å²) in [6.07, 6.45) is 0.926. The van der Waals surface area contributed by atoms with Crippen LogP contribution in [0.3, 0.4) is 0 Å². The Labute approximate surface area is 90.2 Å². The molecule has 1 fully saturated rings. The SMILES string of the molecule is CCc1cccc(C2(C)OCCO2)c1N. The second kappa shape index (κ2) is 3.83. The number of aryl methyl sites for hydroxylation is 1. The molecule has 0 atom stereocenters. The molecule has 1 heterocycles. The van der Waals surface area contributed by atoms with Crippen LogP contribution in [0, 0.1) is 0 Å². The van der Waals surface area contributed by atoms with Gasteiger partial charge in [-0.25, -0.2) is 0 Å². The van der Waals surface area contributed by atoms with Crippen molar-refractivity contribution in [2.45, 2.75) is 26.1 Å². The number of nitrogen functional groups attached to an aromatic ring is 1. The third kappa shape index (κ3) is 1.73. The van der Waals surface area contributed by atoms with Gasteiger partial charge in [0.1, 0.15) is 0 Å². The summed E-state index contributed by atoms with van der Waals surface area (Å²) in [5.74, 6) is -0.657. The minimum absolute atomic E-state index is 0.631. The summed E-state index contributed by atoms with van der Waals surface area (Å²) in [5.41, 5.74) is 8.98. The third-order valence-corrected chi connectivity index (χ3v) is 2.90. The molecule has 0 amide bonds. The predicted molar refractivity (Wildman–Crippen MR) is 59.5 cm³/mol. The van der Waals surface area contributed by atoms with E-state index in [9.17, 15) is 0 Å². The average Bonchev–Trinajstić information content (AvgIpc) is 2.66. The van der Waals surface area contributed by atoms with Gasteiger partial charge >= 0.3 is 0 Å². The largest absolute Gasteiger partial charge is 0.398 e. The van der Waals surface area contributed by atoms with E-state index in [0.29, 0.717) is 13.2 Å². The fraction of sp³-hybridized carbons (Fsp3) is 0.500. The monoisotopic (exact) mass is 207 g/mol. The zero-order valence-corrected chi connectivity index (χ0v) is 9.25. The molecule has 0 saturated carbocycles. The molecule has 0 bridgehead atoms. The van der Waals surface area contributed by atoms with Gasteiger partial charge in [0.05, 0.1) is 13.2 Å². The van der Waals surface area contributed by atoms with E-state index in [2.05, 4.69) is 6.92 Å². The molecule has 2 rings (SSSR count). The molecular formula is C12H17NO2. The van der Waals surface area contributed by atoms with E-state index in [1.54, 1.807) is 0 Å². The maximum absolute atomic E-state index is 6.10. The minimum Gasteiger partial charge on any atom is -0.398 e. The lowest BCUT2D eigenvalue weighted by atomic mass is 10.00. The fourth-order valence-electron chi connectivity index (χ4n) is 1.99. The van der Waals surface area contributed by atoms with Crippen LogP contribution >= 0.6 is 0 Å². The summed E-state index contributed by atoms with van der Waals surface area (Å²) in [5, 5.41) is 0. The van der Waals surface area contributed by atoms with E-state index >= 15 is 0 Å². The molecule has 0 unspecified atom stereocenters. The summed E-state index contributed by atoms with van der Waals surface area (Å²) in [6.45, 7) is 5.28. The lowest BCUT2D eigenvalue weighted by Crippen LogP contribution is -2.24. The molecule has 15 heavy (non-hydrogen) atoms. The Bertz CT molecular complexity index is 357. The first-order chi connectivity index (χ1) is 7.17. The maximum Gasteiger partial charge on any atom is 0.194 e. The first-order valence-corrected chi connectivity index (χ1v) is 5.33. The standard InChI is InChI=1S/C12H17NO2/c1-3-9-5-4-6-10(11(9)13)12(2)14-7-8-15-12/h4-6H,3,7-8,13H2,1-2H3. The summed E-state index contributed by atoms with van der Waals surface area (Å²) < 4.78 is 11.2. The Kier molecular flexibility index (Phi) is 2.67. The van der Waals surface area contributed by atoms with Gasteiger partial charge in [-0.05, 0) is 18.9 Å². The normalized spacial score (nSPS) is 19.3. The van der Waals surface area contributed by atoms with Crippen molar-refractivity contribution in [2.75, 3.05) is 18.9 Å². The van der Waals surface area contributed by atoms with Crippen molar-refractivity contribution < 1.29 is 9.47 Å². The fourth-order valence-corrected chi connectivity index (χ4v) is 1.99. The van der Waals surface area contributed by atoms with E-state index in [0.717, 1.165) is 23.2 Å². The van der Waals surface area contributed by atoms with Gasteiger partial charge in [0.15, 0.2) is 5.79 Å². The van der Waals surface area contributed by atoms with Crippen molar-refractivity contribution in [3.05, 3.63) is 29.3 Å². The second-order valence-corrected chi connectivity index (χ2v) is 3.87. The number of hydrogen-bond donors (Lipinski definition) is 1. The minimum atomic E-state index is -0.657. The maximum atomic E-state index is 6.10. The Morgan fingerprint density at radius 1 is 1.33 bits per heavy atom. The third-order valence-electron chi connectivity index (χ3n) is 2.90. The first kappa shape index (κ1) is 10.5. The summed E-state index contributed by atoms with van der Waals surface area (Å²) in [7, 11) is 0. The van der Waals surface area contributed by atoms with Crippen LogP contribution in [0.1, 0.15) is 25.0 Å². The number of hydrogen-bond acceptors (Lipinski definition) is 3. The molecule has 3 heteroatoms. The first-order valence-electron chi connectivity index (χ1n) is 5.33. The van der Waals surface area contributed by atoms with Gasteiger partial charge in [-0.2, -0.15) is 0 Å². The molecule has 1 saturated heterocycles. The topological polar surface area (TPSA) is 44.5 Å². The molecule has 1 aliphatic rings. The van der Waals surface area contributed by atoms with Crippen molar-refractivity contribution >= 4 is 5.69 Å². The molecule has 0 spiro atoms. The number of rotatable bonds is 2. The molecule has 1 aliphatic heterocycles. The molecule has 82 valence electrons. The highest BCUT2D eigenvalue weighted by molar-refractivity contribution is 5.55. The van der Waals surface area contributed by atoms with Gasteiger partial charge in [-0.15, -0.1) is 0 Å². The predicted octanol–water partition coefficient (Wildman–Crippen LogP) is 2.05. The van der Waals surface area contributed by atoms with Crippen LogP contribution in [0.2, 0.25) is 0 Å². The number of ether oxygens (including phenoxy) is 2. The Morgan fingerprint density at radius 2 is 2.00 bits per heavy atom. The smallest absolute Gasteiger partial charge is 0.194 e. The van der Waals surface area contributed by atoms with Crippen molar-refractivity contribution in [1.82, 2.24) is 0 Å². The molecule has 3 nitrogen and oxygen atoms in total. The molecule has 0 radical (unpaired) electrons. The van der Waals surface area contributed by atoms with Crippen molar-refractivity contribution in [2.24, 2.45) is 0 Å². The Hall–Kier alpha value is -1.06. The van der Waals surface area contributed by atoms with Gasteiger partial charge in [0.25, 0.3) is 0 Å². The van der Waals surface area contributed by atoms with Crippen LogP contribution in [0.25, 0.3) is 0 Å². The van der Waals surface area contributed by atoms with Crippen LogP contribution in [0.15, 0.2) is 18.2 Å².